The number of anilines is 1. The molecule has 0 spiro atoms. The van der Waals surface area contributed by atoms with Crippen LogP contribution in [0.1, 0.15) is 13.3 Å². The van der Waals surface area contributed by atoms with Gasteiger partial charge in [-0.25, -0.2) is 14.8 Å². The number of nitrogens with zero attached hydrogens (tertiary/aromatic N) is 4. The lowest BCUT2D eigenvalue weighted by molar-refractivity contribution is -0.118. The molecule has 1 aromatic heterocycles. The highest BCUT2D eigenvalue weighted by molar-refractivity contribution is 7.99. The van der Waals surface area contributed by atoms with Gasteiger partial charge >= 0.3 is 6.03 Å². The quantitative estimate of drug-likeness (QED) is 0.263. The molecule has 3 amide bonds. The Hall–Kier alpha value is -1.78. The number of urea groups is 1. The third-order valence-electron chi connectivity index (χ3n) is 4.04. The van der Waals surface area contributed by atoms with E-state index in [1.165, 1.54) is 11.8 Å². The summed E-state index contributed by atoms with van der Waals surface area (Å²) in [5.41, 5.74) is 0. The number of halogens is 1. The first-order valence-corrected chi connectivity index (χ1v) is 10.6. The van der Waals surface area contributed by atoms with Crippen molar-refractivity contribution in [1.29, 1.82) is 0 Å². The minimum atomic E-state index is -0.112. The molecule has 1 saturated heterocycles. The van der Waals surface area contributed by atoms with Crippen molar-refractivity contribution >= 4 is 41.1 Å². The standard InChI is InChI=1S/C17H27ClN6O3S/c1-3-4-20-17(26)24-8-6-23(7-9-24)14-11-13(18)21-16(22-14)28-12-15(25)19-5-10-27-2/h11H,3-10,12H2,1-2H3,(H,19,25)(H,20,26). The number of piperazine rings is 1. The Morgan fingerprint density at radius 2 is 1.96 bits per heavy atom. The number of nitrogens with one attached hydrogen (secondary N) is 2. The Labute approximate surface area is 174 Å². The number of hydrogen-bond acceptors (Lipinski definition) is 7. The molecule has 2 N–H and O–H groups in total. The van der Waals surface area contributed by atoms with E-state index in [4.69, 9.17) is 16.3 Å². The van der Waals surface area contributed by atoms with Crippen LogP contribution in [-0.4, -0.2) is 85.5 Å². The highest BCUT2D eigenvalue weighted by Crippen LogP contribution is 2.22. The molecule has 0 aromatic carbocycles. The summed E-state index contributed by atoms with van der Waals surface area (Å²) >= 11 is 7.37. The molecule has 11 heteroatoms. The van der Waals surface area contributed by atoms with Gasteiger partial charge in [0.2, 0.25) is 5.91 Å². The molecule has 0 saturated carbocycles. The van der Waals surface area contributed by atoms with Crippen molar-refractivity contribution in [3.05, 3.63) is 11.2 Å². The van der Waals surface area contributed by atoms with E-state index in [0.29, 0.717) is 62.0 Å². The van der Waals surface area contributed by atoms with Gasteiger partial charge in [-0.3, -0.25) is 4.79 Å². The van der Waals surface area contributed by atoms with Crippen LogP contribution in [0, 0.1) is 0 Å². The van der Waals surface area contributed by atoms with Gasteiger partial charge in [-0.15, -0.1) is 0 Å². The molecule has 0 bridgehead atoms. The number of methoxy groups -OCH3 is 1. The lowest BCUT2D eigenvalue weighted by Gasteiger charge is -2.35. The molecule has 2 rings (SSSR count). The Morgan fingerprint density at radius 1 is 1.21 bits per heavy atom. The zero-order valence-corrected chi connectivity index (χ0v) is 17.8. The molecule has 1 aromatic rings. The van der Waals surface area contributed by atoms with Crippen LogP contribution in [0.25, 0.3) is 0 Å². The second-order valence-electron chi connectivity index (χ2n) is 6.17. The summed E-state index contributed by atoms with van der Waals surface area (Å²) in [7, 11) is 1.58. The number of ether oxygens (including phenoxy) is 1. The highest BCUT2D eigenvalue weighted by Gasteiger charge is 2.22. The summed E-state index contributed by atoms with van der Waals surface area (Å²) in [4.78, 5) is 36.4. The normalized spacial score (nSPS) is 14.1. The van der Waals surface area contributed by atoms with Gasteiger partial charge in [0.1, 0.15) is 11.0 Å². The molecule has 0 radical (unpaired) electrons. The van der Waals surface area contributed by atoms with E-state index in [1.807, 2.05) is 6.92 Å². The number of hydrogen-bond donors (Lipinski definition) is 2. The minimum absolute atomic E-state index is 0.0297. The van der Waals surface area contributed by atoms with Gasteiger partial charge in [0.25, 0.3) is 0 Å². The molecule has 0 aliphatic carbocycles. The summed E-state index contributed by atoms with van der Waals surface area (Å²) in [6.45, 7) is 6.19. The number of carbonyl (C=O) groups excluding carboxylic acids is 2. The van der Waals surface area contributed by atoms with Crippen molar-refractivity contribution in [2.45, 2.75) is 18.5 Å². The predicted octanol–water partition coefficient (Wildman–Crippen LogP) is 1.23. The molecular formula is C17H27ClN6O3S. The van der Waals surface area contributed by atoms with Crippen molar-refractivity contribution in [2.24, 2.45) is 0 Å². The number of carbonyl (C=O) groups is 2. The molecule has 1 fully saturated rings. The minimum Gasteiger partial charge on any atom is -0.383 e. The van der Waals surface area contributed by atoms with Crippen LogP contribution in [0.3, 0.4) is 0 Å². The van der Waals surface area contributed by atoms with E-state index >= 15 is 0 Å². The maximum atomic E-state index is 12.1. The Kier molecular flexibility index (Phi) is 9.59. The van der Waals surface area contributed by atoms with Crippen LogP contribution >= 0.6 is 23.4 Å². The third kappa shape index (κ3) is 7.33. The maximum Gasteiger partial charge on any atom is 0.317 e. The van der Waals surface area contributed by atoms with Crippen LogP contribution in [0.2, 0.25) is 5.15 Å². The van der Waals surface area contributed by atoms with Gasteiger partial charge in [-0.05, 0) is 6.42 Å². The summed E-state index contributed by atoms with van der Waals surface area (Å²) in [6, 6.07) is 1.68. The van der Waals surface area contributed by atoms with E-state index in [2.05, 4.69) is 25.5 Å². The van der Waals surface area contributed by atoms with Gasteiger partial charge in [0, 0.05) is 52.4 Å². The summed E-state index contributed by atoms with van der Waals surface area (Å²) < 4.78 is 4.90. The van der Waals surface area contributed by atoms with Crippen molar-refractivity contribution in [3.8, 4) is 0 Å². The first-order valence-electron chi connectivity index (χ1n) is 9.24. The van der Waals surface area contributed by atoms with Crippen molar-refractivity contribution in [2.75, 3.05) is 63.6 Å². The number of rotatable bonds is 9. The van der Waals surface area contributed by atoms with Gasteiger partial charge in [0.15, 0.2) is 5.16 Å². The van der Waals surface area contributed by atoms with Crippen LogP contribution in [-0.2, 0) is 9.53 Å². The molecule has 156 valence electrons. The largest absolute Gasteiger partial charge is 0.383 e. The monoisotopic (exact) mass is 430 g/mol. The number of thioether (sulfide) groups is 1. The third-order valence-corrected chi connectivity index (χ3v) is 5.08. The van der Waals surface area contributed by atoms with E-state index in [9.17, 15) is 9.59 Å². The van der Waals surface area contributed by atoms with Crippen LogP contribution in [0.15, 0.2) is 11.2 Å². The van der Waals surface area contributed by atoms with Crippen LogP contribution < -0.4 is 15.5 Å². The Morgan fingerprint density at radius 3 is 2.64 bits per heavy atom. The summed E-state index contributed by atoms with van der Waals surface area (Å²) in [5, 5.41) is 6.42. The van der Waals surface area contributed by atoms with Crippen molar-refractivity contribution in [1.82, 2.24) is 25.5 Å². The zero-order chi connectivity index (χ0) is 20.4. The Bertz CT molecular complexity index is 658. The summed E-state index contributed by atoms with van der Waals surface area (Å²) in [6.07, 6.45) is 0.913. The van der Waals surface area contributed by atoms with E-state index in [-0.39, 0.29) is 17.7 Å². The second-order valence-corrected chi connectivity index (χ2v) is 7.50. The fourth-order valence-electron chi connectivity index (χ4n) is 2.57. The molecule has 0 unspecified atom stereocenters. The highest BCUT2D eigenvalue weighted by atomic mass is 35.5. The van der Waals surface area contributed by atoms with E-state index in [0.717, 1.165) is 6.42 Å². The van der Waals surface area contributed by atoms with E-state index in [1.54, 1.807) is 18.1 Å². The zero-order valence-electron chi connectivity index (χ0n) is 16.2. The smallest absolute Gasteiger partial charge is 0.317 e. The molecule has 2 heterocycles. The molecular weight excluding hydrogens is 404 g/mol. The van der Waals surface area contributed by atoms with Crippen LogP contribution in [0.4, 0.5) is 10.6 Å². The molecule has 0 atom stereocenters. The van der Waals surface area contributed by atoms with Crippen molar-refractivity contribution in [3.63, 3.8) is 0 Å². The maximum absolute atomic E-state index is 12.1. The first-order chi connectivity index (χ1) is 13.5. The Balaban J connectivity index is 1.87. The molecule has 1 aliphatic heterocycles. The molecule has 28 heavy (non-hydrogen) atoms. The lowest BCUT2D eigenvalue weighted by atomic mass is 10.3. The second kappa shape index (κ2) is 11.9. The number of aromatic nitrogens is 2. The lowest BCUT2D eigenvalue weighted by Crippen LogP contribution is -2.52. The fraction of sp³-hybridized carbons (Fsp3) is 0.647. The number of amides is 3. The average molecular weight is 431 g/mol. The van der Waals surface area contributed by atoms with Gasteiger partial charge < -0.3 is 25.2 Å². The van der Waals surface area contributed by atoms with Crippen LogP contribution in [0.5, 0.6) is 0 Å². The van der Waals surface area contributed by atoms with Gasteiger partial charge in [-0.1, -0.05) is 30.3 Å². The topological polar surface area (TPSA) is 99.7 Å². The molecule has 1 aliphatic rings. The first kappa shape index (κ1) is 22.5. The summed E-state index contributed by atoms with van der Waals surface area (Å²) in [5.74, 6) is 0.796. The predicted molar refractivity (Wildman–Crippen MR) is 110 cm³/mol. The van der Waals surface area contributed by atoms with Gasteiger partial charge in [0.05, 0.1) is 12.4 Å². The van der Waals surface area contributed by atoms with Gasteiger partial charge in [-0.2, -0.15) is 0 Å². The van der Waals surface area contributed by atoms with E-state index < -0.39 is 0 Å². The fourth-order valence-corrected chi connectivity index (χ4v) is 3.48. The van der Waals surface area contributed by atoms with Crippen molar-refractivity contribution < 1.29 is 14.3 Å². The molecule has 9 nitrogen and oxygen atoms in total. The SMILES string of the molecule is CCCNC(=O)N1CCN(c2cc(Cl)nc(SCC(=O)NCCOC)n2)CC1. The average Bonchev–Trinajstić information content (AvgIpc) is 2.70.